The van der Waals surface area contributed by atoms with Crippen LogP contribution in [0.2, 0.25) is 0 Å². The lowest BCUT2D eigenvalue weighted by atomic mass is 9.69. The van der Waals surface area contributed by atoms with Crippen LogP contribution in [0.3, 0.4) is 0 Å². The van der Waals surface area contributed by atoms with Gasteiger partial charge in [0, 0.05) is 6.04 Å². The van der Waals surface area contributed by atoms with E-state index in [1.54, 1.807) is 6.20 Å². The van der Waals surface area contributed by atoms with Crippen LogP contribution in [0, 0.1) is 23.7 Å². The van der Waals surface area contributed by atoms with E-state index in [1.165, 1.54) is 12.8 Å². The number of nitrogens with zero attached hydrogens (tertiary/aromatic N) is 2. The van der Waals surface area contributed by atoms with Gasteiger partial charge in [0.2, 0.25) is 0 Å². The number of rotatable bonds is 3. The monoisotopic (exact) mass is 337 g/mol. The Morgan fingerprint density at radius 3 is 2.56 bits per heavy atom. The summed E-state index contributed by atoms with van der Waals surface area (Å²) in [5.74, 6) is 0.727. The second kappa shape index (κ2) is 5.45. The van der Waals surface area contributed by atoms with Crippen LogP contribution in [0.5, 0.6) is 0 Å². The summed E-state index contributed by atoms with van der Waals surface area (Å²) in [6.45, 7) is 9.05. The normalized spacial score (nSPS) is 29.8. The summed E-state index contributed by atoms with van der Waals surface area (Å²) in [6, 6.07) is 10.2. The van der Waals surface area contributed by atoms with E-state index in [0.29, 0.717) is 11.0 Å². The third-order valence-electron chi connectivity index (χ3n) is 7.35. The zero-order valence-corrected chi connectivity index (χ0v) is 15.5. The molecule has 25 heavy (non-hydrogen) atoms. The van der Waals surface area contributed by atoms with Gasteiger partial charge in [-0.05, 0) is 55.1 Å². The van der Waals surface area contributed by atoms with E-state index in [0.717, 1.165) is 23.7 Å². The van der Waals surface area contributed by atoms with Crippen molar-refractivity contribution in [2.24, 2.45) is 16.7 Å². The Kier molecular flexibility index (Phi) is 3.57. The molecule has 2 aromatic rings. The molecule has 4 rings (SSSR count). The van der Waals surface area contributed by atoms with Crippen LogP contribution < -0.4 is 5.32 Å². The average molecular weight is 337 g/mol. The molecule has 2 bridgehead atoms. The van der Waals surface area contributed by atoms with E-state index < -0.39 is 0 Å². The molecule has 3 unspecified atom stereocenters. The fraction of sp³-hybridized carbons (Fsp3) is 0.524. The maximum Gasteiger partial charge on any atom is 0.254 e. The molecule has 2 saturated carbocycles. The fourth-order valence-corrected chi connectivity index (χ4v) is 5.12. The Hall–Kier alpha value is -2.10. The lowest BCUT2D eigenvalue weighted by Crippen LogP contribution is -2.46. The Bertz CT molecular complexity index is 808. The molecule has 0 saturated heterocycles. The molecule has 4 nitrogen and oxygen atoms in total. The summed E-state index contributed by atoms with van der Waals surface area (Å²) in [5, 5.41) is 7.77. The largest absolute Gasteiger partial charge is 0.349 e. The molecular formula is C21H27N3O. The maximum atomic E-state index is 12.9. The van der Waals surface area contributed by atoms with Gasteiger partial charge in [0.05, 0.1) is 23.1 Å². The molecule has 3 atom stereocenters. The standard InChI is InChI=1S/C21H27N3O/c1-14-17(13-22-24(14)16-8-6-5-7-9-16)19(25)23-18-12-15-10-11-21(18,4)20(15,2)3/h5-9,13,15,18H,10-12H2,1-4H3,(H,23,25). The molecule has 1 N–H and O–H groups in total. The van der Waals surface area contributed by atoms with E-state index in [9.17, 15) is 4.79 Å². The summed E-state index contributed by atoms with van der Waals surface area (Å²) in [6.07, 6.45) is 5.29. The minimum Gasteiger partial charge on any atom is -0.349 e. The van der Waals surface area contributed by atoms with Crippen LogP contribution in [0.15, 0.2) is 36.5 Å². The van der Waals surface area contributed by atoms with Crippen LogP contribution in [-0.4, -0.2) is 21.7 Å². The molecule has 132 valence electrons. The summed E-state index contributed by atoms with van der Waals surface area (Å²) >= 11 is 0. The van der Waals surface area contributed by atoms with Crippen molar-refractivity contribution >= 4 is 5.91 Å². The van der Waals surface area contributed by atoms with Gasteiger partial charge in [-0.3, -0.25) is 4.79 Å². The summed E-state index contributed by atoms with van der Waals surface area (Å²) < 4.78 is 1.83. The Balaban J connectivity index is 1.57. The number of benzene rings is 1. The van der Waals surface area contributed by atoms with Gasteiger partial charge in [0.1, 0.15) is 0 Å². The number of carbonyl (C=O) groups excluding carboxylic acids is 1. The molecule has 1 aromatic heterocycles. The number of amides is 1. The third kappa shape index (κ3) is 2.26. The molecule has 1 heterocycles. The minimum absolute atomic E-state index is 0.00857. The van der Waals surface area contributed by atoms with Crippen LogP contribution in [0.1, 0.15) is 56.1 Å². The van der Waals surface area contributed by atoms with E-state index in [-0.39, 0.29) is 17.4 Å². The average Bonchev–Trinajstić information content (AvgIpc) is 3.14. The van der Waals surface area contributed by atoms with Gasteiger partial charge in [-0.25, -0.2) is 4.68 Å². The topological polar surface area (TPSA) is 46.9 Å². The summed E-state index contributed by atoms with van der Waals surface area (Å²) in [5.41, 5.74) is 3.03. The Morgan fingerprint density at radius 1 is 1.24 bits per heavy atom. The Morgan fingerprint density at radius 2 is 1.96 bits per heavy atom. The molecule has 1 aromatic carbocycles. The number of hydrogen-bond acceptors (Lipinski definition) is 2. The zero-order chi connectivity index (χ0) is 17.8. The minimum atomic E-state index is 0.00857. The number of para-hydroxylation sites is 1. The van der Waals surface area contributed by atoms with Crippen LogP contribution in [0.25, 0.3) is 5.69 Å². The molecule has 2 aliphatic rings. The van der Waals surface area contributed by atoms with Gasteiger partial charge in [-0.2, -0.15) is 5.10 Å². The van der Waals surface area contributed by atoms with Crippen molar-refractivity contribution in [3.05, 3.63) is 47.8 Å². The number of hydrogen-bond donors (Lipinski definition) is 1. The van der Waals surface area contributed by atoms with Crippen molar-refractivity contribution in [2.75, 3.05) is 0 Å². The molecule has 2 fully saturated rings. The molecule has 4 heteroatoms. The van der Waals surface area contributed by atoms with E-state index >= 15 is 0 Å². The van der Waals surface area contributed by atoms with E-state index in [4.69, 9.17) is 0 Å². The van der Waals surface area contributed by atoms with E-state index in [1.807, 2.05) is 41.9 Å². The zero-order valence-electron chi connectivity index (χ0n) is 15.5. The summed E-state index contributed by atoms with van der Waals surface area (Å²) in [4.78, 5) is 12.9. The fourth-order valence-electron chi connectivity index (χ4n) is 5.12. The SMILES string of the molecule is Cc1c(C(=O)NC2CC3CCC2(C)C3(C)C)cnn1-c1ccccc1. The molecule has 0 radical (unpaired) electrons. The predicted octanol–water partition coefficient (Wildman–Crippen LogP) is 4.13. The quantitative estimate of drug-likeness (QED) is 0.915. The second-order valence-electron chi connectivity index (χ2n) is 8.53. The van der Waals surface area contributed by atoms with Crippen molar-refractivity contribution in [1.82, 2.24) is 15.1 Å². The smallest absolute Gasteiger partial charge is 0.254 e. The number of nitrogens with one attached hydrogen (secondary N) is 1. The second-order valence-corrected chi connectivity index (χ2v) is 8.53. The van der Waals surface area contributed by atoms with Gasteiger partial charge >= 0.3 is 0 Å². The van der Waals surface area contributed by atoms with Crippen molar-refractivity contribution in [3.8, 4) is 5.69 Å². The van der Waals surface area contributed by atoms with Crippen LogP contribution in [-0.2, 0) is 0 Å². The van der Waals surface area contributed by atoms with Gasteiger partial charge in [0.25, 0.3) is 5.91 Å². The molecule has 0 spiro atoms. The molecule has 1 amide bonds. The lowest BCUT2D eigenvalue weighted by molar-refractivity contribution is 0.0825. The van der Waals surface area contributed by atoms with E-state index in [2.05, 4.69) is 31.2 Å². The van der Waals surface area contributed by atoms with Gasteiger partial charge < -0.3 is 5.32 Å². The molecule has 2 aliphatic carbocycles. The summed E-state index contributed by atoms with van der Waals surface area (Å²) in [7, 11) is 0. The van der Waals surface area contributed by atoms with Gasteiger partial charge in [-0.15, -0.1) is 0 Å². The highest BCUT2D eigenvalue weighted by Crippen LogP contribution is 2.65. The Labute approximate surface area is 149 Å². The van der Waals surface area contributed by atoms with Crippen molar-refractivity contribution < 1.29 is 4.79 Å². The highest BCUT2D eigenvalue weighted by molar-refractivity contribution is 5.95. The van der Waals surface area contributed by atoms with Crippen LogP contribution in [0.4, 0.5) is 0 Å². The van der Waals surface area contributed by atoms with Gasteiger partial charge in [-0.1, -0.05) is 39.0 Å². The predicted molar refractivity (Wildman–Crippen MR) is 98.8 cm³/mol. The third-order valence-corrected chi connectivity index (χ3v) is 7.35. The number of carbonyl (C=O) groups is 1. The van der Waals surface area contributed by atoms with Crippen molar-refractivity contribution in [1.29, 1.82) is 0 Å². The van der Waals surface area contributed by atoms with Crippen molar-refractivity contribution in [2.45, 2.75) is 53.0 Å². The molecule has 0 aliphatic heterocycles. The first kappa shape index (κ1) is 16.4. The first-order valence-corrected chi connectivity index (χ1v) is 9.25. The first-order chi connectivity index (χ1) is 11.8. The van der Waals surface area contributed by atoms with Crippen molar-refractivity contribution in [3.63, 3.8) is 0 Å². The first-order valence-electron chi connectivity index (χ1n) is 9.25. The maximum absolute atomic E-state index is 12.9. The lowest BCUT2D eigenvalue weighted by Gasteiger charge is -2.39. The van der Waals surface area contributed by atoms with Gasteiger partial charge in [0.15, 0.2) is 0 Å². The number of fused-ring (bicyclic) bond motifs is 2. The van der Waals surface area contributed by atoms with Crippen LogP contribution >= 0.6 is 0 Å². The highest BCUT2D eigenvalue weighted by Gasteiger charge is 2.61. The highest BCUT2D eigenvalue weighted by atomic mass is 16.1. The molecular weight excluding hydrogens is 310 g/mol. The number of aromatic nitrogens is 2.